The van der Waals surface area contributed by atoms with Gasteiger partial charge < -0.3 is 38.6 Å². The molecule has 1 aromatic carbocycles. The number of ketones is 1. The Morgan fingerprint density at radius 2 is 1.74 bits per heavy atom. The van der Waals surface area contributed by atoms with Gasteiger partial charge in [0.15, 0.2) is 22.6 Å². The molecule has 3 aliphatic carbocycles. The molecule has 11 heteroatoms. The third kappa shape index (κ3) is 2.99. The molecule has 2 saturated carbocycles. The van der Waals surface area contributed by atoms with Crippen molar-refractivity contribution in [3.63, 3.8) is 0 Å². The van der Waals surface area contributed by atoms with Gasteiger partial charge in [0.05, 0.1) is 5.60 Å². The van der Waals surface area contributed by atoms with E-state index in [1.54, 1.807) is 44.2 Å². The maximum Gasteiger partial charge on any atom is 0.314 e. The minimum atomic E-state index is -2.43. The van der Waals surface area contributed by atoms with Gasteiger partial charge in [0.2, 0.25) is 0 Å². The van der Waals surface area contributed by atoms with Crippen LogP contribution in [0.4, 0.5) is 0 Å². The number of fused-ring (bicyclic) bond motifs is 3. The van der Waals surface area contributed by atoms with Crippen molar-refractivity contribution in [2.24, 2.45) is 17.8 Å². The number of rotatable bonds is 5. The van der Waals surface area contributed by atoms with Crippen molar-refractivity contribution in [2.45, 2.75) is 87.4 Å². The largest absolute Gasteiger partial charge is 0.463 e. The monoisotopic (exact) mass is 582 g/mol. The first-order chi connectivity index (χ1) is 19.7. The summed E-state index contributed by atoms with van der Waals surface area (Å²) < 4.78 is 38.3. The molecule has 224 valence electrons. The first-order valence-electron chi connectivity index (χ1n) is 14.1. The van der Waals surface area contributed by atoms with Gasteiger partial charge in [-0.2, -0.15) is 0 Å². The molecule has 0 amide bonds. The number of carbonyl (C=O) groups excluding carboxylic acids is 3. The van der Waals surface area contributed by atoms with E-state index in [-0.39, 0.29) is 5.57 Å². The van der Waals surface area contributed by atoms with Gasteiger partial charge in [0.1, 0.15) is 31.0 Å². The zero-order chi connectivity index (χ0) is 30.2. The van der Waals surface area contributed by atoms with E-state index in [1.165, 1.54) is 13.8 Å². The van der Waals surface area contributed by atoms with Crippen molar-refractivity contribution in [3.8, 4) is 0 Å². The second-order valence-electron chi connectivity index (χ2n) is 12.6. The average molecular weight is 583 g/mol. The fraction of sp³-hybridized carbons (Fsp3) is 0.581. The van der Waals surface area contributed by atoms with Crippen molar-refractivity contribution in [3.05, 3.63) is 59.7 Å². The summed E-state index contributed by atoms with van der Waals surface area (Å²) in [6, 6.07) is 8.96. The van der Waals surface area contributed by atoms with E-state index in [2.05, 4.69) is 6.58 Å². The topological polar surface area (TPSA) is 150 Å². The van der Waals surface area contributed by atoms with E-state index in [9.17, 15) is 24.6 Å². The van der Waals surface area contributed by atoms with E-state index in [1.807, 2.05) is 13.0 Å². The highest BCUT2D eigenvalue weighted by atomic mass is 16.9. The number of Topliss-reactive ketones (excluding diaryl/α,β-unsaturated/α-hetero) is 1. The van der Waals surface area contributed by atoms with Crippen molar-refractivity contribution < 1.29 is 53.0 Å². The van der Waals surface area contributed by atoms with Crippen LogP contribution in [0.5, 0.6) is 0 Å². The van der Waals surface area contributed by atoms with E-state index in [0.29, 0.717) is 11.1 Å². The van der Waals surface area contributed by atoms with Crippen LogP contribution in [0.15, 0.2) is 54.1 Å². The Morgan fingerprint density at radius 3 is 2.36 bits per heavy atom. The molecule has 0 radical (unpaired) electrons. The molecule has 3 bridgehead atoms. The summed E-state index contributed by atoms with van der Waals surface area (Å²) in [5, 5.41) is 24.3. The summed E-state index contributed by atoms with van der Waals surface area (Å²) in [7, 11) is 0. The zero-order valence-corrected chi connectivity index (χ0v) is 24.0. The van der Waals surface area contributed by atoms with Gasteiger partial charge in [0.25, 0.3) is 0 Å². The lowest BCUT2D eigenvalue weighted by molar-refractivity contribution is -0.440. The normalized spacial score (nSPS) is 49.3. The number of benzene rings is 1. The first kappa shape index (κ1) is 27.9. The number of hydrogen-bond donors (Lipinski definition) is 2. The number of ether oxygens (including phenoxy) is 6. The molecule has 42 heavy (non-hydrogen) atoms. The Kier molecular flexibility index (Phi) is 5.55. The highest BCUT2D eigenvalue weighted by Gasteiger charge is 2.90. The minimum Gasteiger partial charge on any atom is -0.463 e. The van der Waals surface area contributed by atoms with E-state index in [0.717, 1.165) is 0 Å². The van der Waals surface area contributed by atoms with E-state index in [4.69, 9.17) is 28.4 Å². The Balaban J connectivity index is 1.53. The lowest BCUT2D eigenvalue weighted by atomic mass is 9.53. The predicted octanol–water partition coefficient (Wildman–Crippen LogP) is 1.45. The smallest absolute Gasteiger partial charge is 0.314 e. The van der Waals surface area contributed by atoms with Crippen LogP contribution in [0.1, 0.15) is 40.2 Å². The molecule has 6 aliphatic rings. The van der Waals surface area contributed by atoms with Gasteiger partial charge in [0, 0.05) is 37.2 Å². The predicted molar refractivity (Wildman–Crippen MR) is 141 cm³/mol. The summed E-state index contributed by atoms with van der Waals surface area (Å²) in [5.41, 5.74) is -5.83. The summed E-state index contributed by atoms with van der Waals surface area (Å²) >= 11 is 0. The van der Waals surface area contributed by atoms with Gasteiger partial charge in [-0.05, 0) is 25.0 Å². The van der Waals surface area contributed by atoms with E-state index >= 15 is 0 Å². The zero-order valence-electron chi connectivity index (χ0n) is 24.0. The third-order valence-corrected chi connectivity index (χ3v) is 10.4. The number of hydrogen-bond acceptors (Lipinski definition) is 11. The van der Waals surface area contributed by atoms with Crippen LogP contribution in [0.25, 0.3) is 0 Å². The maximum absolute atomic E-state index is 13.8. The fourth-order valence-electron chi connectivity index (χ4n) is 8.68. The van der Waals surface area contributed by atoms with Crippen LogP contribution in [0.3, 0.4) is 0 Å². The number of aliphatic hydroxyl groups excluding tert-OH is 1. The fourth-order valence-corrected chi connectivity index (χ4v) is 8.68. The van der Waals surface area contributed by atoms with Crippen LogP contribution in [-0.2, 0) is 48.8 Å². The van der Waals surface area contributed by atoms with Crippen LogP contribution in [-0.4, -0.2) is 81.4 Å². The van der Waals surface area contributed by atoms with E-state index < -0.39 is 94.9 Å². The van der Waals surface area contributed by atoms with Gasteiger partial charge in [-0.25, -0.2) is 0 Å². The minimum absolute atomic E-state index is 0.224. The highest BCUT2D eigenvalue weighted by molar-refractivity contribution is 6.05. The van der Waals surface area contributed by atoms with Crippen molar-refractivity contribution >= 4 is 17.7 Å². The molecule has 2 N–H and O–H groups in total. The number of epoxide rings is 1. The SMILES string of the molecule is C=C(C)[C@@]12OC3(c4ccccc4)O[C@@H]1[C@@H]1[C@@H]4O[C@]4(COC(C)=O)[C@@H](O)[C@]4(O)C(=O)C(C)=C[C@H]4[C@@]1(O3)[C@H](C)[C@H]2OC(C)=O. The molecule has 7 rings (SSSR count). The van der Waals surface area contributed by atoms with Crippen LogP contribution in [0, 0.1) is 17.8 Å². The molecule has 0 aromatic heterocycles. The Labute approximate surface area is 242 Å². The van der Waals surface area contributed by atoms with Crippen LogP contribution < -0.4 is 0 Å². The second kappa shape index (κ2) is 8.37. The Hall–Kier alpha value is -2.93. The van der Waals surface area contributed by atoms with Gasteiger partial charge in [-0.3, -0.25) is 14.4 Å². The molecule has 1 unspecified atom stereocenters. The lowest BCUT2D eigenvalue weighted by Crippen LogP contribution is -2.76. The van der Waals surface area contributed by atoms with Gasteiger partial charge >= 0.3 is 17.9 Å². The summed E-state index contributed by atoms with van der Waals surface area (Å²) in [6.45, 7) is 11.5. The molecule has 3 heterocycles. The molecule has 0 spiro atoms. The molecule has 12 atom stereocenters. The second-order valence-corrected chi connectivity index (χ2v) is 12.6. The molecular weight excluding hydrogens is 548 g/mol. The molecule has 3 aliphatic heterocycles. The molecule has 1 aromatic rings. The summed E-state index contributed by atoms with van der Waals surface area (Å²) in [5.74, 6) is -6.43. The summed E-state index contributed by atoms with van der Waals surface area (Å²) in [6.07, 6.45) is -3.04. The number of esters is 2. The molecule has 11 nitrogen and oxygen atoms in total. The third-order valence-electron chi connectivity index (χ3n) is 10.4. The Morgan fingerprint density at radius 1 is 1.05 bits per heavy atom. The lowest BCUT2D eigenvalue weighted by Gasteiger charge is -2.61. The molecular formula is C31H34O11. The van der Waals surface area contributed by atoms with Crippen molar-refractivity contribution in [1.29, 1.82) is 0 Å². The molecule has 5 fully saturated rings. The standard InChI is InChI=1S/C31H34O11/c1-14(2)29-23(38-18(6)33)16(4)30-20-12-15(3)22(34)28(20,36)26(35)27(13-37-17(5)32)24(39-27)21(30)25(29)40-31(41-29,42-30)19-10-8-7-9-11-19/h7-12,16,20-21,23-26,35-36H,1,13H2,2-6H3/t16-,20-,21+,23-,24+,25-,26-,27+,28-,29+,30+,31?/m1/s1. The van der Waals surface area contributed by atoms with Crippen LogP contribution >= 0.6 is 0 Å². The van der Waals surface area contributed by atoms with Crippen molar-refractivity contribution in [1.82, 2.24) is 0 Å². The quantitative estimate of drug-likeness (QED) is 0.295. The van der Waals surface area contributed by atoms with Crippen LogP contribution in [0.2, 0.25) is 0 Å². The van der Waals surface area contributed by atoms with Gasteiger partial charge in [-0.1, -0.05) is 49.9 Å². The Bertz CT molecular complexity index is 1460. The number of aliphatic hydroxyl groups is 2. The molecule has 3 saturated heterocycles. The average Bonchev–Trinajstić information content (AvgIpc) is 3.55. The maximum atomic E-state index is 13.8. The highest BCUT2D eigenvalue weighted by Crippen LogP contribution is 2.74. The first-order valence-corrected chi connectivity index (χ1v) is 14.1. The summed E-state index contributed by atoms with van der Waals surface area (Å²) in [4.78, 5) is 38.3. The number of carbonyl (C=O) groups is 3. The van der Waals surface area contributed by atoms with Gasteiger partial charge in [-0.15, -0.1) is 0 Å². The van der Waals surface area contributed by atoms with Crippen molar-refractivity contribution in [2.75, 3.05) is 6.61 Å².